The normalized spacial score (nSPS) is 21.1. The molecule has 132 valence electrons. The lowest BCUT2D eigenvalue weighted by Crippen LogP contribution is -2.38. The minimum absolute atomic E-state index is 0.0218. The number of benzene rings is 1. The second-order valence-corrected chi connectivity index (χ2v) is 8.15. The molecule has 0 spiro atoms. The molecule has 1 aliphatic carbocycles. The number of anilines is 1. The maximum absolute atomic E-state index is 12.2. The van der Waals surface area contributed by atoms with Crippen LogP contribution in [0.5, 0.6) is 0 Å². The van der Waals surface area contributed by atoms with E-state index < -0.39 is 16.0 Å². The Hall–Kier alpha value is -2.09. The van der Waals surface area contributed by atoms with Crippen LogP contribution in [0.2, 0.25) is 0 Å². The van der Waals surface area contributed by atoms with Gasteiger partial charge in [-0.1, -0.05) is 0 Å². The number of carbonyl (C=O) groups excluding carboxylic acids is 1. The number of nitrogens with one attached hydrogen (secondary N) is 1. The zero-order chi connectivity index (χ0) is 17.9. The molecule has 7 nitrogen and oxygen atoms in total. The van der Waals surface area contributed by atoms with Gasteiger partial charge in [-0.25, -0.2) is 8.42 Å². The van der Waals surface area contributed by atoms with Gasteiger partial charge in [0.1, 0.15) is 0 Å². The molecular weight excluding hydrogens is 332 g/mol. The Labute approximate surface area is 141 Å². The van der Waals surface area contributed by atoms with Crippen molar-refractivity contribution in [1.82, 2.24) is 5.32 Å². The Bertz CT molecular complexity index is 706. The highest BCUT2D eigenvalue weighted by Gasteiger charge is 2.26. The lowest BCUT2D eigenvalue weighted by atomic mass is 9.86. The van der Waals surface area contributed by atoms with Gasteiger partial charge < -0.3 is 10.4 Å². The third-order valence-electron chi connectivity index (χ3n) is 4.40. The van der Waals surface area contributed by atoms with Crippen LogP contribution < -0.4 is 9.62 Å². The summed E-state index contributed by atoms with van der Waals surface area (Å²) in [7, 11) is -1.89. The number of sulfonamides is 1. The minimum atomic E-state index is -3.34. The first-order valence-corrected chi connectivity index (χ1v) is 9.61. The monoisotopic (exact) mass is 354 g/mol. The number of carboxylic acids is 1. The molecule has 1 fully saturated rings. The molecule has 1 aromatic carbocycles. The van der Waals surface area contributed by atoms with Gasteiger partial charge in [0.15, 0.2) is 0 Å². The van der Waals surface area contributed by atoms with Crippen LogP contribution in [0.3, 0.4) is 0 Å². The van der Waals surface area contributed by atoms with Crippen molar-refractivity contribution < 1.29 is 23.1 Å². The van der Waals surface area contributed by atoms with E-state index in [1.54, 1.807) is 24.3 Å². The zero-order valence-electron chi connectivity index (χ0n) is 13.7. The van der Waals surface area contributed by atoms with Gasteiger partial charge in [-0.2, -0.15) is 0 Å². The van der Waals surface area contributed by atoms with Crippen molar-refractivity contribution >= 4 is 27.6 Å². The lowest BCUT2D eigenvalue weighted by molar-refractivity contribution is -0.142. The fourth-order valence-corrected chi connectivity index (χ4v) is 3.27. The van der Waals surface area contributed by atoms with Gasteiger partial charge >= 0.3 is 5.97 Å². The van der Waals surface area contributed by atoms with E-state index in [4.69, 9.17) is 5.11 Å². The number of hydrogen-bond acceptors (Lipinski definition) is 4. The number of nitrogens with zero attached hydrogens (tertiary/aromatic N) is 1. The minimum Gasteiger partial charge on any atom is -0.481 e. The summed E-state index contributed by atoms with van der Waals surface area (Å²) in [4.78, 5) is 23.2. The molecule has 1 amide bonds. The predicted molar refractivity (Wildman–Crippen MR) is 90.5 cm³/mol. The van der Waals surface area contributed by atoms with E-state index in [2.05, 4.69) is 5.32 Å². The molecule has 1 saturated carbocycles. The van der Waals surface area contributed by atoms with Crippen LogP contribution in [0.4, 0.5) is 5.69 Å². The summed E-state index contributed by atoms with van der Waals surface area (Å²) in [6.45, 7) is 0. The Kier molecular flexibility index (Phi) is 5.48. The molecule has 0 saturated heterocycles. The number of carbonyl (C=O) groups is 2. The fourth-order valence-electron chi connectivity index (χ4n) is 2.77. The SMILES string of the molecule is CN(c1ccc(C(=O)NC2CCC(C(=O)O)CC2)cc1)S(C)(=O)=O. The van der Waals surface area contributed by atoms with E-state index in [1.807, 2.05) is 0 Å². The topological polar surface area (TPSA) is 104 Å². The van der Waals surface area contributed by atoms with Crippen molar-refractivity contribution in [3.05, 3.63) is 29.8 Å². The zero-order valence-corrected chi connectivity index (χ0v) is 14.5. The Balaban J connectivity index is 1.95. The first-order valence-electron chi connectivity index (χ1n) is 7.76. The van der Waals surface area contributed by atoms with Crippen LogP contribution in [-0.4, -0.2) is 44.7 Å². The summed E-state index contributed by atoms with van der Waals surface area (Å²) in [5.41, 5.74) is 0.928. The molecule has 0 heterocycles. The molecule has 24 heavy (non-hydrogen) atoms. The van der Waals surface area contributed by atoms with E-state index in [0.29, 0.717) is 36.9 Å². The molecule has 0 unspecified atom stereocenters. The summed E-state index contributed by atoms with van der Waals surface area (Å²) in [6, 6.07) is 6.30. The van der Waals surface area contributed by atoms with Crippen LogP contribution in [0.1, 0.15) is 36.0 Å². The third-order valence-corrected chi connectivity index (χ3v) is 5.61. The van der Waals surface area contributed by atoms with Gasteiger partial charge in [0.05, 0.1) is 17.9 Å². The average molecular weight is 354 g/mol. The van der Waals surface area contributed by atoms with Gasteiger partial charge in [-0.15, -0.1) is 0 Å². The number of amides is 1. The van der Waals surface area contributed by atoms with Crippen molar-refractivity contribution in [1.29, 1.82) is 0 Å². The van der Waals surface area contributed by atoms with Crippen LogP contribution in [0.15, 0.2) is 24.3 Å². The van der Waals surface area contributed by atoms with Gasteiger partial charge in [-0.05, 0) is 49.9 Å². The van der Waals surface area contributed by atoms with Crippen molar-refractivity contribution in [2.24, 2.45) is 5.92 Å². The molecule has 0 radical (unpaired) electrons. The molecule has 8 heteroatoms. The molecule has 1 aliphatic rings. The first kappa shape index (κ1) is 18.3. The number of rotatable bonds is 5. The largest absolute Gasteiger partial charge is 0.481 e. The van der Waals surface area contributed by atoms with E-state index in [0.717, 1.165) is 10.6 Å². The summed E-state index contributed by atoms with van der Waals surface area (Å²) in [5.74, 6) is -1.32. The quantitative estimate of drug-likeness (QED) is 0.833. The number of aliphatic carboxylic acids is 1. The van der Waals surface area contributed by atoms with Gasteiger partial charge in [0.2, 0.25) is 10.0 Å². The maximum Gasteiger partial charge on any atom is 0.306 e. The molecule has 0 atom stereocenters. The second kappa shape index (κ2) is 7.21. The lowest BCUT2D eigenvalue weighted by Gasteiger charge is -2.26. The van der Waals surface area contributed by atoms with Gasteiger partial charge in [-0.3, -0.25) is 13.9 Å². The van der Waals surface area contributed by atoms with Crippen LogP contribution in [0.25, 0.3) is 0 Å². The summed E-state index contributed by atoms with van der Waals surface area (Å²) in [5, 5.41) is 11.9. The predicted octanol–water partition coefficient (Wildman–Crippen LogP) is 1.46. The second-order valence-electron chi connectivity index (χ2n) is 6.14. The average Bonchev–Trinajstić information content (AvgIpc) is 2.54. The maximum atomic E-state index is 12.2. The number of hydrogen-bond donors (Lipinski definition) is 2. The van der Waals surface area contributed by atoms with Crippen molar-refractivity contribution in [2.45, 2.75) is 31.7 Å². The van der Waals surface area contributed by atoms with Crippen LogP contribution in [0, 0.1) is 5.92 Å². The molecule has 1 aromatic rings. The molecule has 0 aliphatic heterocycles. The Morgan fingerprint density at radius 2 is 1.67 bits per heavy atom. The van der Waals surface area contributed by atoms with Crippen molar-refractivity contribution in [3.8, 4) is 0 Å². The molecular formula is C16H22N2O5S. The fraction of sp³-hybridized carbons (Fsp3) is 0.500. The Morgan fingerprint density at radius 3 is 2.12 bits per heavy atom. The molecule has 0 aromatic heterocycles. The highest BCUT2D eigenvalue weighted by atomic mass is 32.2. The van der Waals surface area contributed by atoms with Gasteiger partial charge in [0, 0.05) is 18.7 Å². The first-order chi connectivity index (χ1) is 11.2. The summed E-state index contributed by atoms with van der Waals surface area (Å²) >= 11 is 0. The van der Waals surface area contributed by atoms with Gasteiger partial charge in [0.25, 0.3) is 5.91 Å². The molecule has 2 rings (SSSR count). The molecule has 0 bridgehead atoms. The van der Waals surface area contributed by atoms with Crippen molar-refractivity contribution in [3.63, 3.8) is 0 Å². The number of carboxylic acid groups (broad SMARTS) is 1. The van der Waals surface area contributed by atoms with Crippen LogP contribution in [-0.2, 0) is 14.8 Å². The Morgan fingerprint density at radius 1 is 1.12 bits per heavy atom. The van der Waals surface area contributed by atoms with E-state index in [1.165, 1.54) is 7.05 Å². The smallest absolute Gasteiger partial charge is 0.306 e. The van der Waals surface area contributed by atoms with E-state index in [9.17, 15) is 18.0 Å². The summed E-state index contributed by atoms with van der Waals surface area (Å²) in [6.07, 6.45) is 3.55. The molecule has 2 N–H and O–H groups in total. The van der Waals surface area contributed by atoms with Crippen LogP contribution >= 0.6 is 0 Å². The standard InChI is InChI=1S/C16H22N2O5S/c1-18(24(2,22)23)14-9-5-11(6-10-14)15(19)17-13-7-3-12(4-8-13)16(20)21/h5-6,9-10,12-13H,3-4,7-8H2,1-2H3,(H,17,19)(H,20,21). The third kappa shape index (κ3) is 4.47. The van der Waals surface area contributed by atoms with Crippen molar-refractivity contribution in [2.75, 3.05) is 17.6 Å². The van der Waals surface area contributed by atoms with E-state index in [-0.39, 0.29) is 17.9 Å². The highest BCUT2D eigenvalue weighted by Crippen LogP contribution is 2.25. The van der Waals surface area contributed by atoms with E-state index >= 15 is 0 Å². The highest BCUT2D eigenvalue weighted by molar-refractivity contribution is 7.92. The summed E-state index contributed by atoms with van der Waals surface area (Å²) < 4.78 is 24.1.